The van der Waals surface area contributed by atoms with E-state index in [2.05, 4.69) is 21.4 Å². The Morgan fingerprint density at radius 3 is 3.13 bits per heavy atom. The van der Waals surface area contributed by atoms with Crippen molar-refractivity contribution in [1.82, 2.24) is 15.5 Å². The van der Waals surface area contributed by atoms with Gasteiger partial charge in [-0.25, -0.2) is 0 Å². The zero-order valence-corrected chi connectivity index (χ0v) is 8.53. The van der Waals surface area contributed by atoms with E-state index in [1.165, 1.54) is 0 Å². The standard InChI is InChI=1S/C10H14N4O/c1-3-4-9(11)10(15)14-7(2)8-5-12-13-6-8/h1,5-7,9H,4,11H2,2H3,(H,12,13)(H,14,15). The maximum absolute atomic E-state index is 11.5. The van der Waals surface area contributed by atoms with Crippen molar-refractivity contribution in [1.29, 1.82) is 0 Å². The fraction of sp³-hybridized carbons (Fsp3) is 0.400. The van der Waals surface area contributed by atoms with Gasteiger partial charge in [0.1, 0.15) is 0 Å². The minimum absolute atomic E-state index is 0.125. The van der Waals surface area contributed by atoms with E-state index in [0.29, 0.717) is 0 Å². The number of amides is 1. The highest BCUT2D eigenvalue weighted by molar-refractivity contribution is 5.82. The molecule has 15 heavy (non-hydrogen) atoms. The molecule has 1 amide bonds. The second-order valence-electron chi connectivity index (χ2n) is 3.28. The van der Waals surface area contributed by atoms with Crippen molar-refractivity contribution in [2.24, 2.45) is 5.73 Å². The summed E-state index contributed by atoms with van der Waals surface area (Å²) >= 11 is 0. The third-order valence-electron chi connectivity index (χ3n) is 2.05. The van der Waals surface area contributed by atoms with Crippen LogP contribution < -0.4 is 11.1 Å². The molecule has 0 spiro atoms. The highest BCUT2D eigenvalue weighted by Crippen LogP contribution is 2.08. The van der Waals surface area contributed by atoms with E-state index in [1.54, 1.807) is 12.4 Å². The molecular weight excluding hydrogens is 192 g/mol. The maximum atomic E-state index is 11.5. The molecule has 5 heteroatoms. The molecule has 2 unspecified atom stereocenters. The lowest BCUT2D eigenvalue weighted by atomic mass is 10.1. The Bertz CT molecular complexity index is 352. The lowest BCUT2D eigenvalue weighted by Crippen LogP contribution is -2.41. The van der Waals surface area contributed by atoms with Gasteiger partial charge in [-0.15, -0.1) is 12.3 Å². The zero-order valence-electron chi connectivity index (χ0n) is 8.53. The van der Waals surface area contributed by atoms with Crippen LogP contribution in [0.5, 0.6) is 0 Å². The third kappa shape index (κ3) is 3.11. The zero-order chi connectivity index (χ0) is 11.3. The van der Waals surface area contributed by atoms with E-state index in [0.717, 1.165) is 5.56 Å². The summed E-state index contributed by atoms with van der Waals surface area (Å²) in [4.78, 5) is 11.5. The number of aromatic amines is 1. The lowest BCUT2D eigenvalue weighted by Gasteiger charge is -2.14. The van der Waals surface area contributed by atoms with Gasteiger partial charge in [-0.1, -0.05) is 0 Å². The van der Waals surface area contributed by atoms with Crippen LogP contribution in [0.25, 0.3) is 0 Å². The van der Waals surface area contributed by atoms with Crippen molar-refractivity contribution < 1.29 is 4.79 Å². The van der Waals surface area contributed by atoms with Gasteiger partial charge in [0, 0.05) is 18.2 Å². The van der Waals surface area contributed by atoms with E-state index >= 15 is 0 Å². The molecule has 0 saturated heterocycles. The molecule has 0 aromatic carbocycles. The Kier molecular flexibility index (Phi) is 3.89. The number of terminal acetylenes is 1. The Balaban J connectivity index is 2.49. The molecular formula is C10H14N4O. The second-order valence-corrected chi connectivity index (χ2v) is 3.28. The second kappa shape index (κ2) is 5.17. The molecule has 0 aliphatic heterocycles. The van der Waals surface area contributed by atoms with E-state index in [4.69, 9.17) is 12.2 Å². The van der Waals surface area contributed by atoms with Gasteiger partial charge in [-0.05, 0) is 6.92 Å². The predicted molar refractivity (Wildman–Crippen MR) is 56.6 cm³/mol. The Labute approximate surface area is 88.4 Å². The number of nitrogens with zero attached hydrogens (tertiary/aromatic N) is 1. The van der Waals surface area contributed by atoms with Crippen LogP contribution in [-0.4, -0.2) is 22.1 Å². The summed E-state index contributed by atoms with van der Waals surface area (Å²) in [5.41, 5.74) is 6.45. The molecule has 2 atom stereocenters. The van der Waals surface area contributed by atoms with E-state index in [-0.39, 0.29) is 18.4 Å². The monoisotopic (exact) mass is 206 g/mol. The number of H-pyrrole nitrogens is 1. The summed E-state index contributed by atoms with van der Waals surface area (Å²) in [5, 5.41) is 9.21. The number of hydrogen-bond acceptors (Lipinski definition) is 3. The van der Waals surface area contributed by atoms with Crippen LogP contribution in [0.4, 0.5) is 0 Å². The average molecular weight is 206 g/mol. The number of hydrogen-bond donors (Lipinski definition) is 3. The molecule has 0 radical (unpaired) electrons. The minimum atomic E-state index is -0.649. The fourth-order valence-electron chi connectivity index (χ4n) is 1.12. The molecule has 80 valence electrons. The minimum Gasteiger partial charge on any atom is -0.348 e. The lowest BCUT2D eigenvalue weighted by molar-refractivity contribution is -0.122. The van der Waals surface area contributed by atoms with Crippen molar-refractivity contribution in [3.63, 3.8) is 0 Å². The number of carbonyl (C=O) groups is 1. The summed E-state index contributed by atoms with van der Waals surface area (Å²) < 4.78 is 0. The van der Waals surface area contributed by atoms with Crippen LogP contribution in [0.1, 0.15) is 24.9 Å². The highest BCUT2D eigenvalue weighted by atomic mass is 16.2. The normalized spacial score (nSPS) is 13.9. The van der Waals surface area contributed by atoms with Gasteiger partial charge in [-0.3, -0.25) is 9.89 Å². The SMILES string of the molecule is C#CCC(N)C(=O)NC(C)c1cn[nH]c1. The van der Waals surface area contributed by atoms with Gasteiger partial charge in [0.15, 0.2) is 0 Å². The third-order valence-corrected chi connectivity index (χ3v) is 2.05. The molecule has 0 aliphatic rings. The van der Waals surface area contributed by atoms with Crippen LogP contribution >= 0.6 is 0 Å². The molecule has 4 N–H and O–H groups in total. The summed E-state index contributed by atoms with van der Waals surface area (Å²) in [6, 6.07) is -0.774. The Morgan fingerprint density at radius 1 is 1.87 bits per heavy atom. The van der Waals surface area contributed by atoms with Crippen molar-refractivity contribution in [3.05, 3.63) is 18.0 Å². The van der Waals surface area contributed by atoms with Gasteiger partial charge < -0.3 is 11.1 Å². The van der Waals surface area contributed by atoms with Crippen LogP contribution in [0.2, 0.25) is 0 Å². The van der Waals surface area contributed by atoms with Gasteiger partial charge in [-0.2, -0.15) is 5.10 Å². The van der Waals surface area contributed by atoms with Crippen molar-refractivity contribution in [2.75, 3.05) is 0 Å². The van der Waals surface area contributed by atoms with Gasteiger partial charge >= 0.3 is 0 Å². The largest absolute Gasteiger partial charge is 0.348 e. The van der Waals surface area contributed by atoms with Crippen molar-refractivity contribution in [2.45, 2.75) is 25.4 Å². The summed E-state index contributed by atoms with van der Waals surface area (Å²) in [6.45, 7) is 1.85. The molecule has 1 rings (SSSR count). The van der Waals surface area contributed by atoms with Gasteiger partial charge in [0.25, 0.3) is 0 Å². The predicted octanol–water partition coefficient (Wildman–Crippen LogP) is -0.0625. The summed E-state index contributed by atoms with van der Waals surface area (Å²) in [5.74, 6) is 2.10. The molecule has 0 aliphatic carbocycles. The number of nitrogens with one attached hydrogen (secondary N) is 2. The van der Waals surface area contributed by atoms with Crippen LogP contribution in [0, 0.1) is 12.3 Å². The molecule has 5 nitrogen and oxygen atoms in total. The van der Waals surface area contributed by atoms with Crippen LogP contribution in [0.3, 0.4) is 0 Å². The average Bonchev–Trinajstić information content (AvgIpc) is 2.70. The van der Waals surface area contributed by atoms with Crippen molar-refractivity contribution >= 4 is 5.91 Å². The Hall–Kier alpha value is -1.80. The van der Waals surface area contributed by atoms with Gasteiger partial charge in [0.2, 0.25) is 5.91 Å². The fourth-order valence-corrected chi connectivity index (χ4v) is 1.12. The highest BCUT2D eigenvalue weighted by Gasteiger charge is 2.15. The first-order valence-electron chi connectivity index (χ1n) is 4.63. The van der Waals surface area contributed by atoms with E-state index in [1.807, 2.05) is 6.92 Å². The molecule has 0 bridgehead atoms. The molecule has 1 heterocycles. The molecule has 1 aromatic heterocycles. The van der Waals surface area contributed by atoms with Crippen molar-refractivity contribution in [3.8, 4) is 12.3 Å². The first-order valence-corrected chi connectivity index (χ1v) is 4.63. The maximum Gasteiger partial charge on any atom is 0.238 e. The first-order chi connectivity index (χ1) is 7.15. The number of rotatable bonds is 4. The van der Waals surface area contributed by atoms with Crippen LogP contribution in [0.15, 0.2) is 12.4 Å². The Morgan fingerprint density at radius 2 is 2.60 bits per heavy atom. The molecule has 1 aromatic rings. The first kappa shape index (κ1) is 11.3. The number of aromatic nitrogens is 2. The number of nitrogens with two attached hydrogens (primary N) is 1. The molecule has 0 saturated carbocycles. The summed E-state index contributed by atoms with van der Waals surface area (Å²) in [6.07, 6.45) is 8.68. The topological polar surface area (TPSA) is 83.8 Å². The smallest absolute Gasteiger partial charge is 0.238 e. The van der Waals surface area contributed by atoms with Gasteiger partial charge in [0.05, 0.1) is 18.3 Å². The molecule has 0 fully saturated rings. The summed E-state index contributed by atoms with van der Waals surface area (Å²) in [7, 11) is 0. The van der Waals surface area contributed by atoms with E-state index < -0.39 is 6.04 Å². The number of carbonyl (C=O) groups excluding carboxylic acids is 1. The quantitative estimate of drug-likeness (QED) is 0.603. The van der Waals surface area contributed by atoms with E-state index in [9.17, 15) is 4.79 Å². The van der Waals surface area contributed by atoms with Crippen LogP contribution in [-0.2, 0) is 4.79 Å².